The predicted octanol–water partition coefficient (Wildman–Crippen LogP) is 5.03. The van der Waals surface area contributed by atoms with Crippen LogP contribution in [0.15, 0.2) is 77.7 Å². The molecule has 10 heteroatoms. The zero-order chi connectivity index (χ0) is 25.1. The van der Waals surface area contributed by atoms with Gasteiger partial charge in [0.2, 0.25) is 0 Å². The molecule has 0 aromatic heterocycles. The molecular weight excluding hydrogens is 469 g/mol. The maximum atomic E-state index is 13.0. The fraction of sp³-hybridized carbons (Fsp3) is 0.208. The van der Waals surface area contributed by atoms with Crippen LogP contribution < -0.4 is 14.4 Å². The molecule has 1 N–H and O–H groups in total. The summed E-state index contributed by atoms with van der Waals surface area (Å²) >= 11 is 0. The van der Waals surface area contributed by atoms with Crippen LogP contribution in [-0.2, 0) is 16.2 Å². The van der Waals surface area contributed by atoms with Crippen LogP contribution in [0.4, 0.5) is 18.9 Å². The van der Waals surface area contributed by atoms with E-state index in [1.165, 1.54) is 50.6 Å². The van der Waals surface area contributed by atoms with Crippen molar-refractivity contribution in [3.63, 3.8) is 0 Å². The van der Waals surface area contributed by atoms with Gasteiger partial charge in [-0.3, -0.25) is 9.10 Å². The number of hydrogen-bond donors (Lipinski definition) is 1. The summed E-state index contributed by atoms with van der Waals surface area (Å²) in [7, 11) is -1.11. The van der Waals surface area contributed by atoms with Gasteiger partial charge in [0, 0.05) is 12.6 Å². The molecule has 0 saturated carbocycles. The highest BCUT2D eigenvalue weighted by Gasteiger charge is 2.31. The molecule has 0 fully saturated rings. The van der Waals surface area contributed by atoms with Crippen molar-refractivity contribution in [2.75, 3.05) is 18.5 Å². The SMILES string of the molecule is COc1ccccc1N(C)S(=O)(=O)c1ccc(C(=O)NC(C)c2cccc(C(F)(F)F)c2)cc1. The summed E-state index contributed by atoms with van der Waals surface area (Å²) in [6, 6.07) is 15.9. The van der Waals surface area contributed by atoms with Crippen molar-refractivity contribution in [1.29, 1.82) is 0 Å². The van der Waals surface area contributed by atoms with E-state index in [0.29, 0.717) is 17.0 Å². The van der Waals surface area contributed by atoms with Crippen LogP contribution in [0.1, 0.15) is 34.5 Å². The van der Waals surface area contributed by atoms with E-state index in [9.17, 15) is 26.4 Å². The van der Waals surface area contributed by atoms with Gasteiger partial charge in [-0.25, -0.2) is 8.42 Å². The number of methoxy groups -OCH3 is 1. The van der Waals surface area contributed by atoms with Gasteiger partial charge >= 0.3 is 6.18 Å². The predicted molar refractivity (Wildman–Crippen MR) is 122 cm³/mol. The number of hydrogen-bond acceptors (Lipinski definition) is 4. The van der Waals surface area contributed by atoms with Crippen LogP contribution in [0.2, 0.25) is 0 Å². The third-order valence-corrected chi connectivity index (χ3v) is 7.05. The van der Waals surface area contributed by atoms with Gasteiger partial charge < -0.3 is 10.1 Å². The van der Waals surface area contributed by atoms with Crippen molar-refractivity contribution < 1.29 is 31.1 Å². The van der Waals surface area contributed by atoms with Crippen LogP contribution in [0.5, 0.6) is 5.75 Å². The highest BCUT2D eigenvalue weighted by Crippen LogP contribution is 2.32. The first-order valence-corrected chi connectivity index (χ1v) is 11.6. The quantitative estimate of drug-likeness (QED) is 0.502. The van der Waals surface area contributed by atoms with Gasteiger partial charge in [0.15, 0.2) is 0 Å². The van der Waals surface area contributed by atoms with E-state index in [0.717, 1.165) is 16.4 Å². The first-order valence-electron chi connectivity index (χ1n) is 10.1. The Morgan fingerprint density at radius 1 is 1.00 bits per heavy atom. The monoisotopic (exact) mass is 492 g/mol. The third-order valence-electron chi connectivity index (χ3n) is 5.26. The Morgan fingerprint density at radius 3 is 2.26 bits per heavy atom. The number of carbonyl (C=O) groups is 1. The van der Waals surface area contributed by atoms with Gasteiger partial charge in [0.05, 0.1) is 29.3 Å². The summed E-state index contributed by atoms with van der Waals surface area (Å²) < 4.78 is 71.2. The van der Waals surface area contributed by atoms with E-state index < -0.39 is 33.7 Å². The molecule has 1 atom stereocenters. The van der Waals surface area contributed by atoms with E-state index in [-0.39, 0.29) is 10.5 Å². The van der Waals surface area contributed by atoms with Gasteiger partial charge in [-0.1, -0.05) is 24.3 Å². The molecule has 0 saturated heterocycles. The van der Waals surface area contributed by atoms with E-state index >= 15 is 0 Å². The molecule has 3 rings (SSSR count). The first kappa shape index (κ1) is 25.1. The number of ether oxygens (including phenoxy) is 1. The number of rotatable bonds is 7. The Kier molecular flexibility index (Phi) is 7.21. The maximum absolute atomic E-state index is 13.0. The number of amides is 1. The number of alkyl halides is 3. The summed E-state index contributed by atoms with van der Waals surface area (Å²) in [6.07, 6.45) is -4.49. The summed E-state index contributed by atoms with van der Waals surface area (Å²) in [5.41, 5.74) is 0.0000771. The van der Waals surface area contributed by atoms with Crippen molar-refractivity contribution >= 4 is 21.6 Å². The molecule has 0 spiro atoms. The number of benzene rings is 3. The minimum absolute atomic E-state index is 0.0385. The second kappa shape index (κ2) is 9.76. The third kappa shape index (κ3) is 5.33. The van der Waals surface area contributed by atoms with E-state index in [2.05, 4.69) is 5.32 Å². The van der Waals surface area contributed by atoms with Crippen molar-refractivity contribution in [2.24, 2.45) is 0 Å². The lowest BCUT2D eigenvalue weighted by atomic mass is 10.0. The van der Waals surface area contributed by atoms with Gasteiger partial charge in [-0.2, -0.15) is 13.2 Å². The smallest absolute Gasteiger partial charge is 0.416 e. The second-order valence-electron chi connectivity index (χ2n) is 7.49. The van der Waals surface area contributed by atoms with Crippen molar-refractivity contribution in [3.8, 4) is 5.75 Å². The molecule has 0 aliphatic heterocycles. The summed E-state index contributed by atoms with van der Waals surface area (Å²) in [5, 5.41) is 2.63. The maximum Gasteiger partial charge on any atom is 0.416 e. The normalized spacial score (nSPS) is 12.6. The number of carbonyl (C=O) groups excluding carboxylic acids is 1. The molecule has 34 heavy (non-hydrogen) atoms. The number of sulfonamides is 1. The van der Waals surface area contributed by atoms with Gasteiger partial charge in [-0.05, 0) is 61.0 Å². The fourth-order valence-corrected chi connectivity index (χ4v) is 4.51. The Labute approximate surface area is 196 Å². The molecule has 0 aliphatic rings. The molecule has 0 bridgehead atoms. The van der Waals surface area contributed by atoms with E-state index in [1.54, 1.807) is 31.2 Å². The van der Waals surface area contributed by atoms with Crippen LogP contribution in [0.3, 0.4) is 0 Å². The zero-order valence-corrected chi connectivity index (χ0v) is 19.4. The van der Waals surface area contributed by atoms with E-state index in [4.69, 9.17) is 4.74 Å². The van der Waals surface area contributed by atoms with E-state index in [1.807, 2.05) is 0 Å². The molecule has 0 heterocycles. The van der Waals surface area contributed by atoms with Gasteiger partial charge in [0.1, 0.15) is 5.75 Å². The molecule has 180 valence electrons. The number of nitrogens with one attached hydrogen (secondary N) is 1. The van der Waals surface area contributed by atoms with Gasteiger partial charge in [-0.15, -0.1) is 0 Å². The minimum Gasteiger partial charge on any atom is -0.495 e. The highest BCUT2D eigenvalue weighted by molar-refractivity contribution is 7.92. The topological polar surface area (TPSA) is 75.7 Å². The minimum atomic E-state index is -4.49. The molecule has 0 aliphatic carbocycles. The lowest BCUT2D eigenvalue weighted by Crippen LogP contribution is -2.28. The Morgan fingerprint density at radius 2 is 1.65 bits per heavy atom. The Bertz CT molecular complexity index is 1280. The molecule has 3 aromatic carbocycles. The van der Waals surface area contributed by atoms with Crippen molar-refractivity contribution in [2.45, 2.75) is 24.0 Å². The number of para-hydroxylation sites is 2. The number of anilines is 1. The lowest BCUT2D eigenvalue weighted by molar-refractivity contribution is -0.137. The number of nitrogens with zero attached hydrogens (tertiary/aromatic N) is 1. The standard InChI is InChI=1S/C24H23F3N2O4S/c1-16(18-7-6-8-19(15-18)24(25,26)27)28-23(30)17-11-13-20(14-12-17)34(31,32)29(2)21-9-4-5-10-22(21)33-3/h4-16H,1-3H3,(H,28,30). The lowest BCUT2D eigenvalue weighted by Gasteiger charge is -2.21. The zero-order valence-electron chi connectivity index (χ0n) is 18.6. The second-order valence-corrected chi connectivity index (χ2v) is 9.46. The van der Waals surface area contributed by atoms with Crippen LogP contribution in [0, 0.1) is 0 Å². The Hall–Kier alpha value is -3.53. The number of halogens is 3. The first-order chi connectivity index (χ1) is 15.9. The molecular formula is C24H23F3N2O4S. The molecule has 1 unspecified atom stereocenters. The molecule has 3 aromatic rings. The fourth-order valence-electron chi connectivity index (χ4n) is 3.30. The van der Waals surface area contributed by atoms with Gasteiger partial charge in [0.25, 0.3) is 15.9 Å². The summed E-state index contributed by atoms with van der Waals surface area (Å²) in [6.45, 7) is 1.56. The van der Waals surface area contributed by atoms with Crippen molar-refractivity contribution in [1.82, 2.24) is 5.32 Å². The van der Waals surface area contributed by atoms with Crippen LogP contribution >= 0.6 is 0 Å². The van der Waals surface area contributed by atoms with Crippen LogP contribution in [-0.4, -0.2) is 28.5 Å². The average Bonchev–Trinajstić information content (AvgIpc) is 2.83. The van der Waals surface area contributed by atoms with Crippen molar-refractivity contribution in [3.05, 3.63) is 89.5 Å². The molecule has 0 radical (unpaired) electrons. The average molecular weight is 493 g/mol. The summed E-state index contributed by atoms with van der Waals surface area (Å²) in [4.78, 5) is 12.6. The largest absolute Gasteiger partial charge is 0.495 e. The molecule has 1 amide bonds. The molecule has 6 nitrogen and oxygen atoms in total. The van der Waals surface area contributed by atoms with Crippen LogP contribution in [0.25, 0.3) is 0 Å². The highest BCUT2D eigenvalue weighted by atomic mass is 32.2. The summed E-state index contributed by atoms with van der Waals surface area (Å²) in [5.74, 6) is -0.167. The Balaban J connectivity index is 1.77.